The van der Waals surface area contributed by atoms with Crippen LogP contribution in [0.1, 0.15) is 28.8 Å². The number of nitrogens with one attached hydrogen (secondary N) is 1. The highest BCUT2D eigenvalue weighted by Gasteiger charge is 2.23. The van der Waals surface area contributed by atoms with Gasteiger partial charge >= 0.3 is 5.97 Å². The van der Waals surface area contributed by atoms with Crippen LogP contribution in [-0.4, -0.2) is 23.1 Å². The van der Waals surface area contributed by atoms with Crippen molar-refractivity contribution in [2.45, 2.75) is 26.4 Å². The molecule has 0 bridgehead atoms. The van der Waals surface area contributed by atoms with Crippen LogP contribution in [0.3, 0.4) is 0 Å². The molecule has 0 saturated carbocycles. The quantitative estimate of drug-likeness (QED) is 0.852. The summed E-state index contributed by atoms with van der Waals surface area (Å²) in [4.78, 5) is 24.3. The van der Waals surface area contributed by atoms with Gasteiger partial charge in [-0.15, -0.1) is 11.3 Å². The summed E-state index contributed by atoms with van der Waals surface area (Å²) in [5.74, 6) is -0.179. The third kappa shape index (κ3) is 4.05. The first-order valence-corrected chi connectivity index (χ1v) is 7.39. The van der Waals surface area contributed by atoms with E-state index in [1.54, 1.807) is 32.0 Å². The maximum atomic E-state index is 12.0. The van der Waals surface area contributed by atoms with Gasteiger partial charge in [0.15, 0.2) is 11.9 Å². The molecule has 112 valence electrons. The van der Waals surface area contributed by atoms with Crippen LogP contribution in [0.25, 0.3) is 0 Å². The molecule has 0 saturated heterocycles. The van der Waals surface area contributed by atoms with Gasteiger partial charge in [-0.2, -0.15) is 0 Å². The zero-order valence-corrected chi connectivity index (χ0v) is 13.0. The fraction of sp³-hybridized carbons (Fsp3) is 0.308. The number of hydrogen-bond donors (Lipinski definition) is 1. The predicted octanol–water partition coefficient (Wildman–Crippen LogP) is 3.27. The topological polar surface area (TPSA) is 81.4 Å². The molecule has 1 atom stereocenters. The van der Waals surface area contributed by atoms with Crippen molar-refractivity contribution in [3.63, 3.8) is 0 Å². The van der Waals surface area contributed by atoms with E-state index < -0.39 is 18.0 Å². The Labute approximate surface area is 130 Å². The van der Waals surface area contributed by atoms with Gasteiger partial charge < -0.3 is 14.6 Å². The second-order valence-corrected chi connectivity index (χ2v) is 5.93. The first-order valence-electron chi connectivity index (χ1n) is 6.20. The van der Waals surface area contributed by atoms with Gasteiger partial charge in [0.25, 0.3) is 5.91 Å². The number of thiophene rings is 1. The number of nitrogens with zero attached hydrogens (tertiary/aromatic N) is 1. The third-order valence-corrected chi connectivity index (χ3v) is 3.78. The lowest BCUT2D eigenvalue weighted by atomic mass is 10.2. The van der Waals surface area contributed by atoms with Gasteiger partial charge in [-0.1, -0.05) is 23.7 Å². The average molecular weight is 329 g/mol. The van der Waals surface area contributed by atoms with Crippen LogP contribution in [0.4, 0.5) is 5.82 Å². The van der Waals surface area contributed by atoms with Crippen LogP contribution in [-0.2, 0) is 9.53 Å². The maximum absolute atomic E-state index is 12.0. The fourth-order valence-corrected chi connectivity index (χ4v) is 2.49. The number of anilines is 1. The van der Waals surface area contributed by atoms with Crippen molar-refractivity contribution >= 4 is 40.6 Å². The Kier molecular flexibility index (Phi) is 4.98. The number of esters is 1. The molecule has 0 aliphatic heterocycles. The second-order valence-electron chi connectivity index (χ2n) is 4.22. The van der Waals surface area contributed by atoms with Gasteiger partial charge in [0, 0.05) is 6.07 Å². The van der Waals surface area contributed by atoms with Crippen LogP contribution in [0.2, 0.25) is 4.34 Å². The molecule has 0 aromatic carbocycles. The molecular formula is C13H13ClN2O4S. The third-order valence-electron chi connectivity index (χ3n) is 2.57. The molecule has 1 N–H and O–H groups in total. The molecule has 0 fully saturated rings. The van der Waals surface area contributed by atoms with Crippen LogP contribution in [0.5, 0.6) is 0 Å². The minimum absolute atomic E-state index is 0.283. The van der Waals surface area contributed by atoms with Crippen molar-refractivity contribution in [3.8, 4) is 0 Å². The van der Waals surface area contributed by atoms with E-state index in [0.717, 1.165) is 11.3 Å². The molecular weight excluding hydrogens is 316 g/mol. The van der Waals surface area contributed by atoms with E-state index in [2.05, 4.69) is 10.5 Å². The SMILES string of the molecule is CC[C@@H](OC(=O)c1ccc(Cl)s1)C(=O)Nc1cc(C)on1. The summed E-state index contributed by atoms with van der Waals surface area (Å²) < 4.78 is 10.5. The molecule has 2 aromatic rings. The Hall–Kier alpha value is -1.86. The van der Waals surface area contributed by atoms with E-state index in [-0.39, 0.29) is 5.82 Å². The Morgan fingerprint density at radius 2 is 2.29 bits per heavy atom. The van der Waals surface area contributed by atoms with Gasteiger partial charge in [-0.3, -0.25) is 4.79 Å². The van der Waals surface area contributed by atoms with E-state index in [0.29, 0.717) is 21.4 Å². The van der Waals surface area contributed by atoms with Crippen LogP contribution in [0, 0.1) is 6.92 Å². The van der Waals surface area contributed by atoms with Crippen LogP contribution < -0.4 is 5.32 Å². The Morgan fingerprint density at radius 3 is 2.81 bits per heavy atom. The molecule has 0 unspecified atom stereocenters. The molecule has 0 radical (unpaired) electrons. The van der Waals surface area contributed by atoms with Gasteiger partial charge in [0.05, 0.1) is 4.34 Å². The molecule has 0 aliphatic rings. The first-order chi connectivity index (χ1) is 9.99. The zero-order valence-electron chi connectivity index (χ0n) is 11.4. The summed E-state index contributed by atoms with van der Waals surface area (Å²) in [6.45, 7) is 3.45. The van der Waals surface area contributed by atoms with Crippen molar-refractivity contribution in [3.05, 3.63) is 33.2 Å². The van der Waals surface area contributed by atoms with Crippen LogP contribution >= 0.6 is 22.9 Å². The molecule has 2 heterocycles. The average Bonchev–Trinajstić information content (AvgIpc) is 3.04. The number of aromatic nitrogens is 1. The molecule has 1 amide bonds. The molecule has 6 nitrogen and oxygen atoms in total. The number of hydrogen-bond acceptors (Lipinski definition) is 6. The first kappa shape index (κ1) is 15.5. The summed E-state index contributed by atoms with van der Waals surface area (Å²) in [7, 11) is 0. The molecule has 2 rings (SSSR count). The summed E-state index contributed by atoms with van der Waals surface area (Å²) >= 11 is 6.86. The Morgan fingerprint density at radius 1 is 1.52 bits per heavy atom. The maximum Gasteiger partial charge on any atom is 0.349 e. The van der Waals surface area contributed by atoms with E-state index in [9.17, 15) is 9.59 Å². The summed E-state index contributed by atoms with van der Waals surface area (Å²) in [5, 5.41) is 6.18. The van der Waals surface area contributed by atoms with E-state index in [1.807, 2.05) is 0 Å². The second kappa shape index (κ2) is 6.73. The highest BCUT2D eigenvalue weighted by Crippen LogP contribution is 2.22. The largest absolute Gasteiger partial charge is 0.448 e. The van der Waals surface area contributed by atoms with Gasteiger partial charge in [-0.25, -0.2) is 4.79 Å². The molecule has 2 aromatic heterocycles. The summed E-state index contributed by atoms with van der Waals surface area (Å²) in [5.41, 5.74) is 0. The molecule has 8 heteroatoms. The summed E-state index contributed by atoms with van der Waals surface area (Å²) in [6.07, 6.45) is -0.566. The Bertz CT molecular complexity index is 652. The van der Waals surface area contributed by atoms with Crippen molar-refractivity contribution in [2.75, 3.05) is 5.32 Å². The lowest BCUT2D eigenvalue weighted by molar-refractivity contribution is -0.124. The Balaban J connectivity index is 1.98. The van der Waals surface area contributed by atoms with Gasteiger partial charge in [0.2, 0.25) is 0 Å². The molecule has 0 aliphatic carbocycles. The predicted molar refractivity (Wildman–Crippen MR) is 78.7 cm³/mol. The highest BCUT2D eigenvalue weighted by atomic mass is 35.5. The zero-order chi connectivity index (χ0) is 15.4. The number of carbonyl (C=O) groups excluding carboxylic acids is 2. The van der Waals surface area contributed by atoms with Crippen LogP contribution in [0.15, 0.2) is 22.7 Å². The number of halogens is 1. The standard InChI is InChI=1S/C13H13ClN2O4S/c1-3-8(12(17)15-11-6-7(2)20-16-11)19-13(18)9-4-5-10(14)21-9/h4-6,8H,3H2,1-2H3,(H,15,16,17)/t8-/m1/s1. The van der Waals surface area contributed by atoms with Crippen molar-refractivity contribution in [2.24, 2.45) is 0 Å². The summed E-state index contributed by atoms with van der Waals surface area (Å²) in [6, 6.07) is 4.73. The lowest BCUT2D eigenvalue weighted by Crippen LogP contribution is -2.32. The van der Waals surface area contributed by atoms with Gasteiger partial charge in [0.1, 0.15) is 10.6 Å². The number of rotatable bonds is 5. The van der Waals surface area contributed by atoms with E-state index >= 15 is 0 Å². The van der Waals surface area contributed by atoms with Gasteiger partial charge in [-0.05, 0) is 25.5 Å². The van der Waals surface area contributed by atoms with E-state index in [4.69, 9.17) is 20.9 Å². The number of carbonyl (C=O) groups is 2. The number of amides is 1. The minimum Gasteiger partial charge on any atom is -0.448 e. The number of ether oxygens (including phenoxy) is 1. The molecule has 0 spiro atoms. The fourth-order valence-electron chi connectivity index (χ4n) is 1.57. The smallest absolute Gasteiger partial charge is 0.349 e. The highest BCUT2D eigenvalue weighted by molar-refractivity contribution is 7.17. The normalized spacial score (nSPS) is 12.0. The van der Waals surface area contributed by atoms with Crippen molar-refractivity contribution < 1.29 is 18.8 Å². The lowest BCUT2D eigenvalue weighted by Gasteiger charge is -2.14. The van der Waals surface area contributed by atoms with Crippen molar-refractivity contribution in [1.29, 1.82) is 0 Å². The monoisotopic (exact) mass is 328 g/mol. The van der Waals surface area contributed by atoms with Crippen molar-refractivity contribution in [1.82, 2.24) is 5.16 Å². The molecule has 21 heavy (non-hydrogen) atoms. The number of aryl methyl sites for hydroxylation is 1. The minimum atomic E-state index is -0.907. The van der Waals surface area contributed by atoms with E-state index in [1.165, 1.54) is 0 Å².